The summed E-state index contributed by atoms with van der Waals surface area (Å²) in [4.78, 5) is 33.2. The maximum absolute atomic E-state index is 12.3. The highest BCUT2D eigenvalue weighted by Crippen LogP contribution is 2.36. The number of anilines is 1. The van der Waals surface area contributed by atoms with Crippen LogP contribution in [0.3, 0.4) is 0 Å². The molecule has 2 aromatic rings. The number of aromatic nitrogens is 2. The second-order valence-electron chi connectivity index (χ2n) is 5.84. The Morgan fingerprint density at radius 3 is 2.71 bits per heavy atom. The van der Waals surface area contributed by atoms with Crippen molar-refractivity contribution in [3.8, 4) is 0 Å². The van der Waals surface area contributed by atoms with Crippen molar-refractivity contribution in [3.05, 3.63) is 40.6 Å². The van der Waals surface area contributed by atoms with Gasteiger partial charge in [-0.05, 0) is 25.0 Å². The lowest BCUT2D eigenvalue weighted by molar-refractivity contribution is -0.116. The highest BCUT2D eigenvalue weighted by molar-refractivity contribution is 7.11. The average molecular weight is 344 g/mol. The molecule has 0 aromatic carbocycles. The zero-order chi connectivity index (χ0) is 16.8. The summed E-state index contributed by atoms with van der Waals surface area (Å²) in [5.74, 6) is 0.143. The number of hydrogen-bond acceptors (Lipinski definition) is 5. The molecule has 0 aliphatic heterocycles. The van der Waals surface area contributed by atoms with Crippen LogP contribution in [0.4, 0.5) is 5.69 Å². The molecule has 0 radical (unpaired) electrons. The molecule has 0 spiro atoms. The van der Waals surface area contributed by atoms with Crippen LogP contribution in [0.15, 0.2) is 30.0 Å². The summed E-state index contributed by atoms with van der Waals surface area (Å²) >= 11 is 1.38. The molecule has 6 nitrogen and oxygen atoms in total. The minimum atomic E-state index is -0.137. The van der Waals surface area contributed by atoms with E-state index in [1.165, 1.54) is 24.2 Å². The van der Waals surface area contributed by atoms with Gasteiger partial charge in [0.25, 0.3) is 5.91 Å². The molecule has 2 N–H and O–H groups in total. The fraction of sp³-hybridized carbons (Fsp3) is 0.412. The van der Waals surface area contributed by atoms with Crippen molar-refractivity contribution in [3.63, 3.8) is 0 Å². The molecule has 0 unspecified atom stereocenters. The molecule has 3 rings (SSSR count). The van der Waals surface area contributed by atoms with E-state index in [2.05, 4.69) is 20.6 Å². The number of hydrogen-bond donors (Lipinski definition) is 2. The van der Waals surface area contributed by atoms with Crippen LogP contribution in [0.25, 0.3) is 0 Å². The van der Waals surface area contributed by atoms with Crippen LogP contribution in [0, 0.1) is 0 Å². The van der Waals surface area contributed by atoms with Crippen molar-refractivity contribution in [2.24, 2.45) is 0 Å². The quantitative estimate of drug-likeness (QED) is 0.844. The zero-order valence-corrected chi connectivity index (χ0v) is 14.1. The van der Waals surface area contributed by atoms with Gasteiger partial charge >= 0.3 is 0 Å². The van der Waals surface area contributed by atoms with Gasteiger partial charge in [0.05, 0.1) is 11.2 Å². The summed E-state index contributed by atoms with van der Waals surface area (Å²) in [6, 6.07) is 3.45. The first-order chi connectivity index (χ1) is 11.7. The molecular formula is C17H20N4O2S. The fourth-order valence-electron chi connectivity index (χ4n) is 2.94. The van der Waals surface area contributed by atoms with E-state index in [1.807, 2.05) is 0 Å². The van der Waals surface area contributed by atoms with Gasteiger partial charge in [0, 0.05) is 37.0 Å². The van der Waals surface area contributed by atoms with Crippen LogP contribution in [-0.4, -0.2) is 28.3 Å². The molecule has 1 saturated carbocycles. The van der Waals surface area contributed by atoms with Crippen molar-refractivity contribution in [1.29, 1.82) is 0 Å². The minimum Gasteiger partial charge on any atom is -0.351 e. The number of pyridine rings is 1. The van der Waals surface area contributed by atoms with Crippen molar-refractivity contribution in [2.45, 2.75) is 38.0 Å². The van der Waals surface area contributed by atoms with E-state index >= 15 is 0 Å². The average Bonchev–Trinajstić information content (AvgIpc) is 3.26. The summed E-state index contributed by atoms with van der Waals surface area (Å²) in [6.07, 6.45) is 8.09. The first-order valence-corrected chi connectivity index (χ1v) is 9.03. The topological polar surface area (TPSA) is 84.0 Å². The predicted molar refractivity (Wildman–Crippen MR) is 93.1 cm³/mol. The van der Waals surface area contributed by atoms with E-state index < -0.39 is 0 Å². The van der Waals surface area contributed by atoms with E-state index in [-0.39, 0.29) is 18.2 Å². The molecular weight excluding hydrogens is 324 g/mol. The molecule has 24 heavy (non-hydrogen) atoms. The summed E-state index contributed by atoms with van der Waals surface area (Å²) in [5.41, 5.74) is 3.36. The van der Waals surface area contributed by atoms with Crippen LogP contribution in [0.5, 0.6) is 0 Å². The lowest BCUT2D eigenvalue weighted by atomic mass is 10.0. The van der Waals surface area contributed by atoms with Crippen molar-refractivity contribution in [2.75, 3.05) is 11.9 Å². The molecule has 0 bridgehead atoms. The summed E-state index contributed by atoms with van der Waals surface area (Å²) in [5, 5.41) is 5.59. The Morgan fingerprint density at radius 1 is 1.21 bits per heavy atom. The van der Waals surface area contributed by atoms with Crippen molar-refractivity contribution < 1.29 is 9.59 Å². The number of amides is 2. The van der Waals surface area contributed by atoms with Crippen LogP contribution < -0.4 is 10.6 Å². The van der Waals surface area contributed by atoms with Crippen LogP contribution in [0.1, 0.15) is 53.4 Å². The predicted octanol–water partition coefficient (Wildman–Crippen LogP) is 2.95. The van der Waals surface area contributed by atoms with E-state index in [1.54, 1.807) is 30.0 Å². The van der Waals surface area contributed by atoms with Crippen LogP contribution in [0.2, 0.25) is 0 Å². The first-order valence-electron chi connectivity index (χ1n) is 8.15. The normalized spacial score (nSPS) is 14.5. The maximum Gasteiger partial charge on any atom is 0.263 e. The van der Waals surface area contributed by atoms with Crippen molar-refractivity contribution >= 4 is 28.8 Å². The number of carbonyl (C=O) groups excluding carboxylic acids is 2. The Kier molecular flexibility index (Phi) is 5.53. The van der Waals surface area contributed by atoms with Gasteiger partial charge in [-0.25, -0.2) is 4.98 Å². The van der Waals surface area contributed by atoms with Gasteiger partial charge in [-0.15, -0.1) is 11.3 Å². The second-order valence-corrected chi connectivity index (χ2v) is 6.69. The fourth-order valence-corrected chi connectivity index (χ4v) is 3.73. The second kappa shape index (κ2) is 8.01. The maximum atomic E-state index is 12.3. The number of nitrogens with one attached hydrogen (secondary N) is 2. The standard InChI is InChI=1S/C17H20N4O2S/c22-14(21-13-5-8-18-9-6-13)7-10-19-17(23)16-15(20-11-24-16)12-3-1-2-4-12/h5-6,8-9,11-12H,1-4,7,10H2,(H,19,23)(H,18,21,22). The Hall–Kier alpha value is -2.28. The lowest BCUT2D eigenvalue weighted by Gasteiger charge is -2.09. The first kappa shape index (κ1) is 16.6. The van der Waals surface area contributed by atoms with Crippen molar-refractivity contribution in [1.82, 2.24) is 15.3 Å². The smallest absolute Gasteiger partial charge is 0.263 e. The van der Waals surface area contributed by atoms with E-state index in [0.29, 0.717) is 23.0 Å². The number of nitrogens with zero attached hydrogens (tertiary/aromatic N) is 2. The summed E-state index contributed by atoms with van der Waals surface area (Å²) < 4.78 is 0. The molecule has 2 aromatic heterocycles. The van der Waals surface area contributed by atoms with Gasteiger partial charge in [0.1, 0.15) is 4.88 Å². The van der Waals surface area contributed by atoms with Gasteiger partial charge in [-0.1, -0.05) is 12.8 Å². The lowest BCUT2D eigenvalue weighted by Crippen LogP contribution is -2.28. The van der Waals surface area contributed by atoms with Gasteiger partial charge in [-0.3, -0.25) is 14.6 Å². The van der Waals surface area contributed by atoms with Gasteiger partial charge in [0.15, 0.2) is 0 Å². The Labute approximate surface area is 144 Å². The third-order valence-electron chi connectivity index (χ3n) is 4.14. The van der Waals surface area contributed by atoms with E-state index in [9.17, 15) is 9.59 Å². The van der Waals surface area contributed by atoms with Gasteiger partial charge < -0.3 is 10.6 Å². The molecule has 7 heteroatoms. The largest absolute Gasteiger partial charge is 0.351 e. The van der Waals surface area contributed by atoms with Gasteiger partial charge in [-0.2, -0.15) is 0 Å². The third kappa shape index (κ3) is 4.17. The van der Waals surface area contributed by atoms with Gasteiger partial charge in [0.2, 0.25) is 5.91 Å². The summed E-state index contributed by atoms with van der Waals surface area (Å²) in [7, 11) is 0. The molecule has 1 aliphatic carbocycles. The minimum absolute atomic E-state index is 0.129. The molecule has 0 atom stereocenters. The highest BCUT2D eigenvalue weighted by Gasteiger charge is 2.25. The summed E-state index contributed by atoms with van der Waals surface area (Å²) in [6.45, 7) is 0.303. The molecule has 0 saturated heterocycles. The number of rotatable bonds is 6. The van der Waals surface area contributed by atoms with E-state index in [4.69, 9.17) is 0 Å². The van der Waals surface area contributed by atoms with E-state index in [0.717, 1.165) is 18.5 Å². The Bertz CT molecular complexity index is 696. The Morgan fingerprint density at radius 2 is 1.96 bits per heavy atom. The molecule has 2 amide bonds. The molecule has 1 fully saturated rings. The highest BCUT2D eigenvalue weighted by atomic mass is 32.1. The van der Waals surface area contributed by atoms with Crippen LogP contribution >= 0.6 is 11.3 Å². The molecule has 1 aliphatic rings. The number of carbonyl (C=O) groups is 2. The molecule has 2 heterocycles. The molecule has 126 valence electrons. The third-order valence-corrected chi connectivity index (χ3v) is 4.99. The Balaban J connectivity index is 1.47. The number of thiazole rings is 1. The monoisotopic (exact) mass is 344 g/mol. The van der Waals surface area contributed by atoms with Crippen LogP contribution in [-0.2, 0) is 4.79 Å². The zero-order valence-electron chi connectivity index (χ0n) is 13.3. The SMILES string of the molecule is O=C(CCNC(=O)c1scnc1C1CCCC1)Nc1ccncc1.